The van der Waals surface area contributed by atoms with Gasteiger partial charge in [-0.3, -0.25) is 9.59 Å². The van der Waals surface area contributed by atoms with Crippen LogP contribution in [0.25, 0.3) is 0 Å². The van der Waals surface area contributed by atoms with Crippen LogP contribution in [-0.2, 0) is 9.59 Å². The Kier molecular flexibility index (Phi) is 6.96. The molecule has 2 atom stereocenters. The molecule has 3 aromatic carbocycles. The van der Waals surface area contributed by atoms with E-state index in [1.165, 1.54) is 0 Å². The summed E-state index contributed by atoms with van der Waals surface area (Å²) < 4.78 is 0.787. The van der Waals surface area contributed by atoms with Crippen LogP contribution in [-0.4, -0.2) is 34.0 Å². The van der Waals surface area contributed by atoms with Crippen molar-refractivity contribution in [1.29, 1.82) is 0 Å². The summed E-state index contributed by atoms with van der Waals surface area (Å²) in [5.74, 6) is -2.29. The van der Waals surface area contributed by atoms with E-state index in [1.54, 1.807) is 66.4 Å². The van der Waals surface area contributed by atoms with Crippen molar-refractivity contribution < 1.29 is 19.5 Å². The van der Waals surface area contributed by atoms with Crippen LogP contribution in [0.3, 0.4) is 0 Å². The molecule has 0 saturated carbocycles. The standard InChI is InChI=1S/C24H18ClIN2O4S/c1-33-17-9-4-13(5-10-17)20-22(29)27-19-11-8-16(26)12-18(19)23(30)28(20)21(24(31)32)14-2-6-15(25)7-3-14/h2-12,20-21H,1H3,(H,27,29)(H,31,32). The number of rotatable bonds is 5. The van der Waals surface area contributed by atoms with Gasteiger partial charge in [0.25, 0.3) is 11.8 Å². The summed E-state index contributed by atoms with van der Waals surface area (Å²) in [6.45, 7) is 0. The number of nitrogens with zero attached hydrogens (tertiary/aromatic N) is 1. The van der Waals surface area contributed by atoms with Crippen LogP contribution in [0.5, 0.6) is 0 Å². The van der Waals surface area contributed by atoms with Crippen LogP contribution in [0.1, 0.15) is 33.6 Å². The number of carboxylic acid groups (broad SMARTS) is 1. The maximum atomic E-state index is 13.9. The van der Waals surface area contributed by atoms with E-state index in [-0.39, 0.29) is 5.56 Å². The lowest BCUT2D eigenvalue weighted by molar-refractivity contribution is -0.144. The lowest BCUT2D eigenvalue weighted by Gasteiger charge is -2.34. The Morgan fingerprint density at radius 2 is 1.76 bits per heavy atom. The highest BCUT2D eigenvalue weighted by Gasteiger charge is 2.43. The minimum absolute atomic E-state index is 0.235. The average molecular weight is 593 g/mol. The van der Waals surface area contributed by atoms with E-state index in [9.17, 15) is 19.5 Å². The van der Waals surface area contributed by atoms with Gasteiger partial charge in [0, 0.05) is 13.5 Å². The summed E-state index contributed by atoms with van der Waals surface area (Å²) in [6.07, 6.45) is 1.93. The third-order valence-corrected chi connectivity index (χ3v) is 7.03. The highest BCUT2D eigenvalue weighted by atomic mass is 127. The maximum absolute atomic E-state index is 13.9. The minimum Gasteiger partial charge on any atom is -0.479 e. The molecule has 4 rings (SSSR count). The Labute approximate surface area is 213 Å². The van der Waals surface area contributed by atoms with Crippen molar-refractivity contribution in [2.24, 2.45) is 0 Å². The number of aliphatic carboxylic acids is 1. The summed E-state index contributed by atoms with van der Waals surface area (Å²) in [5.41, 5.74) is 1.44. The largest absolute Gasteiger partial charge is 0.479 e. The zero-order valence-corrected chi connectivity index (χ0v) is 21.0. The number of anilines is 1. The van der Waals surface area contributed by atoms with Gasteiger partial charge in [0.2, 0.25) is 0 Å². The molecule has 0 bridgehead atoms. The number of amides is 2. The minimum atomic E-state index is -1.41. The van der Waals surface area contributed by atoms with Crippen molar-refractivity contribution >= 4 is 69.4 Å². The molecule has 1 aliphatic heterocycles. The first kappa shape index (κ1) is 23.6. The molecule has 0 fully saturated rings. The first-order chi connectivity index (χ1) is 15.8. The van der Waals surface area contributed by atoms with Crippen LogP contribution in [0.2, 0.25) is 5.02 Å². The number of benzene rings is 3. The van der Waals surface area contributed by atoms with Gasteiger partial charge in [-0.1, -0.05) is 35.9 Å². The van der Waals surface area contributed by atoms with E-state index in [2.05, 4.69) is 27.9 Å². The third kappa shape index (κ3) is 4.73. The molecule has 1 heterocycles. The third-order valence-electron chi connectivity index (χ3n) is 5.36. The fourth-order valence-corrected chi connectivity index (χ4v) is 4.84. The zero-order valence-electron chi connectivity index (χ0n) is 17.3. The van der Waals surface area contributed by atoms with E-state index < -0.39 is 29.9 Å². The Bertz CT molecular complexity index is 1230. The van der Waals surface area contributed by atoms with Gasteiger partial charge in [0.1, 0.15) is 6.04 Å². The van der Waals surface area contributed by atoms with Crippen molar-refractivity contribution in [3.63, 3.8) is 0 Å². The van der Waals surface area contributed by atoms with Crippen molar-refractivity contribution in [2.45, 2.75) is 17.0 Å². The normalized spacial score (nSPS) is 16.6. The Morgan fingerprint density at radius 1 is 1.09 bits per heavy atom. The zero-order chi connectivity index (χ0) is 23.7. The van der Waals surface area contributed by atoms with Crippen molar-refractivity contribution in [3.05, 3.63) is 92.0 Å². The summed E-state index contributed by atoms with van der Waals surface area (Å²) in [4.78, 5) is 42.0. The quantitative estimate of drug-likeness (QED) is 0.296. The molecular weight excluding hydrogens is 575 g/mol. The SMILES string of the molecule is CSc1ccc(C2C(=O)Nc3ccc(I)cc3C(=O)N2C(C(=O)O)c2ccc(Cl)cc2)cc1. The first-order valence-corrected chi connectivity index (χ1v) is 12.5. The summed E-state index contributed by atoms with van der Waals surface area (Å²) >= 11 is 9.62. The van der Waals surface area contributed by atoms with Gasteiger partial charge in [0.05, 0.1) is 11.3 Å². The molecule has 33 heavy (non-hydrogen) atoms. The molecule has 2 N–H and O–H groups in total. The number of carboxylic acids is 1. The molecule has 3 aromatic rings. The van der Waals surface area contributed by atoms with Gasteiger partial charge in [0.15, 0.2) is 6.04 Å². The van der Waals surface area contributed by atoms with Gasteiger partial charge >= 0.3 is 5.97 Å². The maximum Gasteiger partial charge on any atom is 0.331 e. The topological polar surface area (TPSA) is 86.7 Å². The molecule has 0 radical (unpaired) electrons. The molecule has 2 unspecified atom stereocenters. The number of thioether (sulfide) groups is 1. The molecule has 0 aliphatic carbocycles. The molecule has 168 valence electrons. The highest BCUT2D eigenvalue weighted by molar-refractivity contribution is 14.1. The van der Waals surface area contributed by atoms with Gasteiger partial charge in [-0.2, -0.15) is 0 Å². The lowest BCUT2D eigenvalue weighted by atomic mass is 9.98. The second-order valence-corrected chi connectivity index (χ2v) is 9.92. The van der Waals surface area contributed by atoms with Crippen LogP contribution in [0, 0.1) is 3.57 Å². The number of carbonyl (C=O) groups excluding carboxylic acids is 2. The van der Waals surface area contributed by atoms with Gasteiger partial charge in [-0.05, 0) is 82.4 Å². The monoisotopic (exact) mass is 592 g/mol. The van der Waals surface area contributed by atoms with Crippen molar-refractivity contribution in [2.75, 3.05) is 11.6 Å². The van der Waals surface area contributed by atoms with Crippen LogP contribution in [0.4, 0.5) is 5.69 Å². The fourth-order valence-electron chi connectivity index (χ4n) is 3.82. The average Bonchev–Trinajstić information content (AvgIpc) is 2.90. The molecule has 2 amide bonds. The summed E-state index contributed by atoms with van der Waals surface area (Å²) in [5, 5.41) is 13.5. The molecular formula is C24H18ClIN2O4S. The number of hydrogen-bond acceptors (Lipinski definition) is 4. The number of carbonyl (C=O) groups is 3. The predicted octanol–water partition coefficient (Wildman–Crippen LogP) is 5.63. The van der Waals surface area contributed by atoms with E-state index in [0.29, 0.717) is 21.8 Å². The van der Waals surface area contributed by atoms with Crippen LogP contribution >= 0.6 is 46.0 Å². The summed E-state index contributed by atoms with van der Waals surface area (Å²) in [7, 11) is 0. The van der Waals surface area contributed by atoms with E-state index >= 15 is 0 Å². The van der Waals surface area contributed by atoms with Crippen LogP contribution < -0.4 is 5.32 Å². The lowest BCUT2D eigenvalue weighted by Crippen LogP contribution is -2.44. The molecule has 0 spiro atoms. The van der Waals surface area contributed by atoms with E-state index in [1.807, 2.05) is 18.4 Å². The number of nitrogens with one attached hydrogen (secondary N) is 1. The number of halogens is 2. The van der Waals surface area contributed by atoms with E-state index in [4.69, 9.17) is 11.6 Å². The molecule has 0 aromatic heterocycles. The van der Waals surface area contributed by atoms with Gasteiger partial charge in [-0.25, -0.2) is 4.79 Å². The molecule has 9 heteroatoms. The fraction of sp³-hybridized carbons (Fsp3) is 0.125. The van der Waals surface area contributed by atoms with Crippen molar-refractivity contribution in [1.82, 2.24) is 4.90 Å². The van der Waals surface area contributed by atoms with Gasteiger partial charge < -0.3 is 15.3 Å². The Hall–Kier alpha value is -2.56. The number of fused-ring (bicyclic) bond motifs is 1. The van der Waals surface area contributed by atoms with Crippen LogP contribution in [0.15, 0.2) is 71.6 Å². The Balaban J connectivity index is 1.94. The predicted molar refractivity (Wildman–Crippen MR) is 137 cm³/mol. The van der Waals surface area contributed by atoms with E-state index in [0.717, 1.165) is 13.4 Å². The number of hydrogen-bond donors (Lipinski definition) is 2. The first-order valence-electron chi connectivity index (χ1n) is 9.85. The highest BCUT2D eigenvalue weighted by Crippen LogP contribution is 2.38. The molecule has 6 nitrogen and oxygen atoms in total. The second-order valence-electron chi connectivity index (χ2n) is 7.36. The van der Waals surface area contributed by atoms with Gasteiger partial charge in [-0.15, -0.1) is 11.8 Å². The smallest absolute Gasteiger partial charge is 0.331 e. The molecule has 0 saturated heterocycles. The molecule has 1 aliphatic rings. The second kappa shape index (κ2) is 9.74. The Morgan fingerprint density at radius 3 is 2.36 bits per heavy atom. The summed E-state index contributed by atoms with van der Waals surface area (Å²) in [6, 6.07) is 15.9. The van der Waals surface area contributed by atoms with Crippen molar-refractivity contribution in [3.8, 4) is 0 Å².